The van der Waals surface area contributed by atoms with Crippen molar-refractivity contribution < 1.29 is 5.11 Å². The maximum absolute atomic E-state index is 9.08. The number of hydrogen-bond acceptors (Lipinski definition) is 2. The van der Waals surface area contributed by atoms with E-state index in [4.69, 9.17) is 5.11 Å². The van der Waals surface area contributed by atoms with Crippen LogP contribution in [0.15, 0.2) is 46.9 Å². The van der Waals surface area contributed by atoms with Gasteiger partial charge in [0.25, 0.3) is 0 Å². The smallest absolute Gasteiger partial charge is 0.0682 e. The lowest BCUT2D eigenvalue weighted by Gasteiger charge is -2.09. The Hall–Kier alpha value is -1.32. The van der Waals surface area contributed by atoms with Gasteiger partial charge in [-0.15, -0.1) is 0 Å². The standard InChI is InChI=1S/C15H16BrNO/c1-11-7-12(5-6-15(11)16)9-17-14-4-2-3-13(8-14)10-18/h2-8,17-18H,9-10H2,1H3. The number of anilines is 1. The molecule has 0 aliphatic rings. The van der Waals surface area contributed by atoms with Gasteiger partial charge in [-0.1, -0.05) is 40.2 Å². The molecule has 94 valence electrons. The van der Waals surface area contributed by atoms with Crippen molar-refractivity contribution in [3.63, 3.8) is 0 Å². The first kappa shape index (κ1) is 13.1. The van der Waals surface area contributed by atoms with E-state index >= 15 is 0 Å². The van der Waals surface area contributed by atoms with E-state index in [-0.39, 0.29) is 6.61 Å². The molecule has 0 saturated carbocycles. The summed E-state index contributed by atoms with van der Waals surface area (Å²) in [5.74, 6) is 0. The molecule has 2 aromatic carbocycles. The SMILES string of the molecule is Cc1cc(CNc2cccc(CO)c2)ccc1Br. The topological polar surface area (TPSA) is 32.3 Å². The van der Waals surface area contributed by atoms with Crippen LogP contribution in [0.4, 0.5) is 5.69 Å². The Labute approximate surface area is 116 Å². The summed E-state index contributed by atoms with van der Waals surface area (Å²) in [6, 6.07) is 14.1. The number of halogens is 1. The average Bonchev–Trinajstić information content (AvgIpc) is 2.40. The third kappa shape index (κ3) is 3.34. The highest BCUT2D eigenvalue weighted by molar-refractivity contribution is 9.10. The summed E-state index contributed by atoms with van der Waals surface area (Å²) in [6.45, 7) is 2.94. The molecular weight excluding hydrogens is 290 g/mol. The van der Waals surface area contributed by atoms with Crippen molar-refractivity contribution in [1.82, 2.24) is 0 Å². The normalized spacial score (nSPS) is 10.4. The van der Waals surface area contributed by atoms with Crippen molar-refractivity contribution in [3.05, 3.63) is 63.6 Å². The molecular formula is C15H16BrNO. The fourth-order valence-corrected chi connectivity index (χ4v) is 2.05. The Kier molecular flexibility index (Phi) is 4.39. The number of aliphatic hydroxyl groups excluding tert-OH is 1. The van der Waals surface area contributed by atoms with Crippen molar-refractivity contribution in [2.75, 3.05) is 5.32 Å². The van der Waals surface area contributed by atoms with E-state index in [1.54, 1.807) is 0 Å². The third-order valence-electron chi connectivity index (χ3n) is 2.83. The number of hydrogen-bond donors (Lipinski definition) is 2. The van der Waals surface area contributed by atoms with Gasteiger partial charge in [0.15, 0.2) is 0 Å². The molecule has 0 bridgehead atoms. The van der Waals surface area contributed by atoms with Crippen molar-refractivity contribution in [2.45, 2.75) is 20.1 Å². The lowest BCUT2D eigenvalue weighted by molar-refractivity contribution is 0.282. The van der Waals surface area contributed by atoms with E-state index in [1.165, 1.54) is 11.1 Å². The second kappa shape index (κ2) is 6.03. The van der Waals surface area contributed by atoms with Crippen LogP contribution in [0.2, 0.25) is 0 Å². The minimum Gasteiger partial charge on any atom is -0.392 e. The molecule has 0 fully saturated rings. The van der Waals surface area contributed by atoms with Crippen LogP contribution in [0.5, 0.6) is 0 Å². The number of benzene rings is 2. The van der Waals surface area contributed by atoms with Gasteiger partial charge in [-0.2, -0.15) is 0 Å². The van der Waals surface area contributed by atoms with Gasteiger partial charge in [0.2, 0.25) is 0 Å². The molecule has 2 rings (SSSR count). The maximum atomic E-state index is 9.08. The van der Waals surface area contributed by atoms with Gasteiger partial charge in [0.1, 0.15) is 0 Å². The minimum atomic E-state index is 0.0763. The van der Waals surface area contributed by atoms with Gasteiger partial charge < -0.3 is 10.4 Å². The predicted octanol–water partition coefficient (Wildman–Crippen LogP) is 3.86. The number of aliphatic hydroxyl groups is 1. The van der Waals surface area contributed by atoms with Crippen LogP contribution in [0, 0.1) is 6.92 Å². The maximum Gasteiger partial charge on any atom is 0.0682 e. The zero-order chi connectivity index (χ0) is 13.0. The molecule has 0 radical (unpaired) electrons. The number of aryl methyl sites for hydroxylation is 1. The van der Waals surface area contributed by atoms with Gasteiger partial charge >= 0.3 is 0 Å². The molecule has 2 nitrogen and oxygen atoms in total. The summed E-state index contributed by atoms with van der Waals surface area (Å²) in [7, 11) is 0. The average molecular weight is 306 g/mol. The van der Waals surface area contributed by atoms with Gasteiger partial charge in [-0.05, 0) is 41.8 Å². The van der Waals surface area contributed by atoms with Crippen LogP contribution in [-0.2, 0) is 13.2 Å². The molecule has 0 unspecified atom stereocenters. The lowest BCUT2D eigenvalue weighted by Crippen LogP contribution is -2.00. The van der Waals surface area contributed by atoms with Gasteiger partial charge in [0.05, 0.1) is 6.61 Å². The highest BCUT2D eigenvalue weighted by atomic mass is 79.9. The second-order valence-electron chi connectivity index (χ2n) is 4.30. The molecule has 0 atom stereocenters. The first-order chi connectivity index (χ1) is 8.69. The Morgan fingerprint density at radius 2 is 1.94 bits per heavy atom. The first-order valence-corrected chi connectivity index (χ1v) is 6.67. The van der Waals surface area contributed by atoms with Gasteiger partial charge in [-0.25, -0.2) is 0 Å². The quantitative estimate of drug-likeness (QED) is 0.899. The minimum absolute atomic E-state index is 0.0763. The zero-order valence-corrected chi connectivity index (χ0v) is 11.9. The van der Waals surface area contributed by atoms with Crippen LogP contribution in [0.1, 0.15) is 16.7 Å². The summed E-state index contributed by atoms with van der Waals surface area (Å²) in [5.41, 5.74) is 4.43. The van der Waals surface area contributed by atoms with E-state index < -0.39 is 0 Å². The van der Waals surface area contributed by atoms with E-state index in [0.717, 1.165) is 22.3 Å². The van der Waals surface area contributed by atoms with E-state index in [9.17, 15) is 0 Å². The molecule has 0 aliphatic heterocycles. The second-order valence-corrected chi connectivity index (χ2v) is 5.15. The summed E-state index contributed by atoms with van der Waals surface area (Å²) in [4.78, 5) is 0. The van der Waals surface area contributed by atoms with E-state index in [0.29, 0.717) is 0 Å². The fraction of sp³-hybridized carbons (Fsp3) is 0.200. The summed E-state index contributed by atoms with van der Waals surface area (Å²) in [5, 5.41) is 12.4. The molecule has 0 spiro atoms. The molecule has 3 heteroatoms. The van der Waals surface area contributed by atoms with Gasteiger partial charge in [0, 0.05) is 16.7 Å². The molecule has 18 heavy (non-hydrogen) atoms. The van der Waals surface area contributed by atoms with Crippen molar-refractivity contribution >= 4 is 21.6 Å². The largest absolute Gasteiger partial charge is 0.392 e. The van der Waals surface area contributed by atoms with E-state index in [2.05, 4.69) is 46.4 Å². The summed E-state index contributed by atoms with van der Waals surface area (Å²) < 4.78 is 1.13. The van der Waals surface area contributed by atoms with Crippen LogP contribution in [-0.4, -0.2) is 5.11 Å². The van der Waals surface area contributed by atoms with Gasteiger partial charge in [-0.3, -0.25) is 0 Å². The van der Waals surface area contributed by atoms with Crippen molar-refractivity contribution in [1.29, 1.82) is 0 Å². The highest BCUT2D eigenvalue weighted by Gasteiger charge is 1.98. The van der Waals surface area contributed by atoms with Crippen molar-refractivity contribution in [2.24, 2.45) is 0 Å². The molecule has 0 amide bonds. The monoisotopic (exact) mass is 305 g/mol. The Bertz CT molecular complexity index is 540. The van der Waals surface area contributed by atoms with Crippen LogP contribution >= 0.6 is 15.9 Å². The molecule has 0 heterocycles. The van der Waals surface area contributed by atoms with E-state index in [1.807, 2.05) is 24.3 Å². The molecule has 2 N–H and O–H groups in total. The highest BCUT2D eigenvalue weighted by Crippen LogP contribution is 2.18. The Morgan fingerprint density at radius 1 is 1.11 bits per heavy atom. The summed E-state index contributed by atoms with van der Waals surface area (Å²) in [6.07, 6.45) is 0. The molecule has 0 saturated heterocycles. The van der Waals surface area contributed by atoms with Crippen LogP contribution in [0.25, 0.3) is 0 Å². The first-order valence-electron chi connectivity index (χ1n) is 5.88. The third-order valence-corrected chi connectivity index (χ3v) is 3.72. The zero-order valence-electron chi connectivity index (χ0n) is 10.3. The molecule has 0 aromatic heterocycles. The number of nitrogens with one attached hydrogen (secondary N) is 1. The number of rotatable bonds is 4. The molecule has 2 aromatic rings. The van der Waals surface area contributed by atoms with Crippen molar-refractivity contribution in [3.8, 4) is 0 Å². The van der Waals surface area contributed by atoms with Crippen LogP contribution in [0.3, 0.4) is 0 Å². The van der Waals surface area contributed by atoms with Crippen LogP contribution < -0.4 is 5.32 Å². The lowest BCUT2D eigenvalue weighted by atomic mass is 10.1. The Morgan fingerprint density at radius 3 is 2.67 bits per heavy atom. The Balaban J connectivity index is 2.04. The summed E-state index contributed by atoms with van der Waals surface area (Å²) >= 11 is 3.50. The predicted molar refractivity (Wildman–Crippen MR) is 78.6 cm³/mol. The fourth-order valence-electron chi connectivity index (χ4n) is 1.80. The molecule has 0 aliphatic carbocycles.